The maximum atomic E-state index is 13.0. The molecule has 1 saturated heterocycles. The first-order chi connectivity index (χ1) is 16.3. The smallest absolute Gasteiger partial charge is 0.255 e. The number of anilines is 1. The van der Waals surface area contributed by atoms with Gasteiger partial charge in [0.05, 0.1) is 19.8 Å². The first kappa shape index (κ1) is 25.3. The minimum atomic E-state index is -0.355. The van der Waals surface area contributed by atoms with E-state index in [1.165, 1.54) is 0 Å². The summed E-state index contributed by atoms with van der Waals surface area (Å²) in [7, 11) is 3.21. The number of hydrogen-bond donors (Lipinski definition) is 1. The Balaban J connectivity index is 1.60. The summed E-state index contributed by atoms with van der Waals surface area (Å²) in [6, 6.07) is 9.31. The number of nitrogens with one attached hydrogen (secondary N) is 1. The molecule has 184 valence electrons. The normalized spacial score (nSPS) is 14.0. The minimum absolute atomic E-state index is 0.158. The van der Waals surface area contributed by atoms with Crippen LogP contribution in [0.2, 0.25) is 0 Å². The molecule has 1 N–H and O–H groups in total. The van der Waals surface area contributed by atoms with Crippen LogP contribution in [-0.4, -0.2) is 68.6 Å². The highest BCUT2D eigenvalue weighted by atomic mass is 16.5. The van der Waals surface area contributed by atoms with Crippen molar-refractivity contribution in [2.75, 3.05) is 51.8 Å². The molecule has 1 fully saturated rings. The van der Waals surface area contributed by atoms with E-state index >= 15 is 0 Å². The summed E-state index contributed by atoms with van der Waals surface area (Å²) in [5.41, 5.74) is 1.23. The fraction of sp³-hybridized carbons (Fsp3) is 0.500. The summed E-state index contributed by atoms with van der Waals surface area (Å²) in [6.45, 7) is 9.05. The molecule has 2 heterocycles. The van der Waals surface area contributed by atoms with Gasteiger partial charge in [0.2, 0.25) is 5.91 Å². The number of rotatable bonds is 9. The van der Waals surface area contributed by atoms with Gasteiger partial charge in [-0.3, -0.25) is 9.59 Å². The number of carbonyl (C=O) groups excluding carboxylic acids is 2. The number of methoxy groups -OCH3 is 2. The Hall–Kier alpha value is -3.29. The standard InChI is InChI=1S/C26H36N4O4/c1-6-26(2,3)25(32)30-16-14-29(15-17-30)23-20(8-7-12-27-23)24(31)28-13-11-19-9-10-21(33-4)22(18-19)34-5/h7-10,12,18H,6,11,13-17H2,1-5H3,(H,28,31). The van der Waals surface area contributed by atoms with E-state index in [0.29, 0.717) is 62.0 Å². The second kappa shape index (κ2) is 11.2. The number of carbonyl (C=O) groups is 2. The van der Waals surface area contributed by atoms with Gasteiger partial charge in [-0.05, 0) is 42.7 Å². The van der Waals surface area contributed by atoms with E-state index in [9.17, 15) is 9.59 Å². The number of amides is 2. The Kier molecular flexibility index (Phi) is 8.36. The van der Waals surface area contributed by atoms with Crippen LogP contribution in [0.1, 0.15) is 43.1 Å². The van der Waals surface area contributed by atoms with E-state index < -0.39 is 0 Å². The largest absolute Gasteiger partial charge is 0.493 e. The average molecular weight is 469 g/mol. The molecule has 0 unspecified atom stereocenters. The lowest BCUT2D eigenvalue weighted by molar-refractivity contribution is -0.140. The predicted molar refractivity (Wildman–Crippen MR) is 133 cm³/mol. The summed E-state index contributed by atoms with van der Waals surface area (Å²) in [5.74, 6) is 2.03. The summed E-state index contributed by atoms with van der Waals surface area (Å²) in [5, 5.41) is 3.01. The molecule has 1 aliphatic heterocycles. The second-order valence-corrected chi connectivity index (χ2v) is 9.09. The fourth-order valence-electron chi connectivity index (χ4n) is 3.98. The lowest BCUT2D eigenvalue weighted by Gasteiger charge is -2.39. The van der Waals surface area contributed by atoms with Crippen LogP contribution in [0.25, 0.3) is 0 Å². The Morgan fingerprint density at radius 3 is 2.41 bits per heavy atom. The van der Waals surface area contributed by atoms with Crippen LogP contribution < -0.4 is 19.7 Å². The van der Waals surface area contributed by atoms with Crippen LogP contribution in [0.5, 0.6) is 11.5 Å². The Labute approximate surface area is 202 Å². The van der Waals surface area contributed by atoms with Gasteiger partial charge in [-0.1, -0.05) is 26.8 Å². The van der Waals surface area contributed by atoms with Crippen molar-refractivity contribution in [1.82, 2.24) is 15.2 Å². The Bertz CT molecular complexity index is 1000. The van der Waals surface area contributed by atoms with Crippen molar-refractivity contribution in [3.8, 4) is 11.5 Å². The van der Waals surface area contributed by atoms with Gasteiger partial charge >= 0.3 is 0 Å². The maximum absolute atomic E-state index is 13.0. The van der Waals surface area contributed by atoms with Gasteiger partial charge in [0.1, 0.15) is 5.82 Å². The number of nitrogens with zero attached hydrogens (tertiary/aromatic N) is 3. The quantitative estimate of drug-likeness (QED) is 0.609. The average Bonchev–Trinajstić information content (AvgIpc) is 2.88. The van der Waals surface area contributed by atoms with E-state index in [2.05, 4.69) is 15.2 Å². The molecule has 2 aromatic rings. The number of ether oxygens (including phenoxy) is 2. The van der Waals surface area contributed by atoms with Gasteiger partial charge in [0.15, 0.2) is 11.5 Å². The van der Waals surface area contributed by atoms with Gasteiger partial charge < -0.3 is 24.6 Å². The van der Waals surface area contributed by atoms with Crippen LogP contribution in [-0.2, 0) is 11.2 Å². The molecular weight excluding hydrogens is 432 g/mol. The molecule has 0 bridgehead atoms. The molecule has 8 nitrogen and oxygen atoms in total. The highest BCUT2D eigenvalue weighted by Gasteiger charge is 2.32. The SMILES string of the molecule is CCC(C)(C)C(=O)N1CCN(c2ncccc2C(=O)NCCc2ccc(OC)c(OC)c2)CC1. The number of aromatic nitrogens is 1. The van der Waals surface area contributed by atoms with E-state index in [1.54, 1.807) is 32.5 Å². The molecule has 3 rings (SSSR count). The van der Waals surface area contributed by atoms with Crippen LogP contribution in [0.4, 0.5) is 5.82 Å². The van der Waals surface area contributed by atoms with Gasteiger partial charge in [-0.15, -0.1) is 0 Å². The highest BCUT2D eigenvalue weighted by molar-refractivity contribution is 5.99. The third kappa shape index (κ3) is 5.79. The van der Waals surface area contributed by atoms with Crippen molar-refractivity contribution >= 4 is 17.6 Å². The highest BCUT2D eigenvalue weighted by Crippen LogP contribution is 2.28. The molecule has 0 saturated carbocycles. The van der Waals surface area contributed by atoms with Gasteiger partial charge in [-0.25, -0.2) is 4.98 Å². The van der Waals surface area contributed by atoms with Gasteiger partial charge in [0.25, 0.3) is 5.91 Å². The third-order valence-corrected chi connectivity index (χ3v) is 6.51. The molecule has 0 radical (unpaired) electrons. The molecule has 2 amide bonds. The Morgan fingerprint density at radius 2 is 1.76 bits per heavy atom. The van der Waals surface area contributed by atoms with Crippen molar-refractivity contribution in [3.05, 3.63) is 47.7 Å². The number of hydrogen-bond acceptors (Lipinski definition) is 6. The Morgan fingerprint density at radius 1 is 1.06 bits per heavy atom. The second-order valence-electron chi connectivity index (χ2n) is 9.09. The van der Waals surface area contributed by atoms with Crippen LogP contribution in [0.3, 0.4) is 0 Å². The van der Waals surface area contributed by atoms with Gasteiger partial charge in [0, 0.05) is 44.3 Å². The van der Waals surface area contributed by atoms with Crippen molar-refractivity contribution < 1.29 is 19.1 Å². The van der Waals surface area contributed by atoms with E-state index in [4.69, 9.17) is 9.47 Å². The van der Waals surface area contributed by atoms with Crippen LogP contribution >= 0.6 is 0 Å². The van der Waals surface area contributed by atoms with Crippen molar-refractivity contribution in [3.63, 3.8) is 0 Å². The first-order valence-corrected chi connectivity index (χ1v) is 11.8. The van der Waals surface area contributed by atoms with Crippen molar-refractivity contribution in [2.45, 2.75) is 33.6 Å². The summed E-state index contributed by atoms with van der Waals surface area (Å²) in [6.07, 6.45) is 3.17. The fourth-order valence-corrected chi connectivity index (χ4v) is 3.98. The van der Waals surface area contributed by atoms with E-state index in [-0.39, 0.29) is 17.2 Å². The first-order valence-electron chi connectivity index (χ1n) is 11.8. The van der Waals surface area contributed by atoms with E-state index in [0.717, 1.165) is 12.0 Å². The van der Waals surface area contributed by atoms with Crippen molar-refractivity contribution in [2.24, 2.45) is 5.41 Å². The minimum Gasteiger partial charge on any atom is -0.493 e. The summed E-state index contributed by atoms with van der Waals surface area (Å²) in [4.78, 5) is 34.3. The lowest BCUT2D eigenvalue weighted by Crippen LogP contribution is -2.52. The zero-order valence-electron chi connectivity index (χ0n) is 20.9. The molecule has 0 aliphatic carbocycles. The van der Waals surface area contributed by atoms with Gasteiger partial charge in [-0.2, -0.15) is 0 Å². The monoisotopic (exact) mass is 468 g/mol. The number of pyridine rings is 1. The maximum Gasteiger partial charge on any atom is 0.255 e. The van der Waals surface area contributed by atoms with Crippen molar-refractivity contribution in [1.29, 1.82) is 0 Å². The molecule has 1 aliphatic rings. The summed E-state index contributed by atoms with van der Waals surface area (Å²) >= 11 is 0. The molecule has 0 atom stereocenters. The third-order valence-electron chi connectivity index (χ3n) is 6.51. The topological polar surface area (TPSA) is 84.0 Å². The molecule has 8 heteroatoms. The van der Waals surface area contributed by atoms with Crippen LogP contribution in [0, 0.1) is 5.41 Å². The zero-order chi connectivity index (χ0) is 24.7. The van der Waals surface area contributed by atoms with Crippen LogP contribution in [0.15, 0.2) is 36.5 Å². The molecule has 1 aromatic carbocycles. The lowest BCUT2D eigenvalue weighted by atomic mass is 9.88. The molecule has 1 aromatic heterocycles. The zero-order valence-corrected chi connectivity index (χ0v) is 20.9. The molecule has 34 heavy (non-hydrogen) atoms. The number of piperazine rings is 1. The van der Waals surface area contributed by atoms with E-state index in [1.807, 2.05) is 43.9 Å². The number of benzene rings is 1. The molecule has 0 spiro atoms. The predicted octanol–water partition coefficient (Wildman–Crippen LogP) is 3.16. The summed E-state index contributed by atoms with van der Waals surface area (Å²) < 4.78 is 10.6. The molecular formula is C26H36N4O4.